The fourth-order valence-corrected chi connectivity index (χ4v) is 2.43. The average Bonchev–Trinajstić information content (AvgIpc) is 2.56. The third-order valence-corrected chi connectivity index (χ3v) is 3.43. The largest absolute Gasteiger partial charge is 0.394 e. The van der Waals surface area contributed by atoms with Gasteiger partial charge in [0.25, 0.3) is 0 Å². The second-order valence-electron chi connectivity index (χ2n) is 4.25. The highest BCUT2D eigenvalue weighted by atomic mass is 16.5. The van der Waals surface area contributed by atoms with E-state index in [-0.39, 0.29) is 18.3 Å². The predicted molar refractivity (Wildman–Crippen MR) is 48.5 cm³/mol. The molecule has 0 radical (unpaired) electrons. The van der Waals surface area contributed by atoms with E-state index < -0.39 is 0 Å². The molecule has 3 heteroatoms. The van der Waals surface area contributed by atoms with E-state index in [2.05, 4.69) is 6.92 Å². The first-order valence-electron chi connectivity index (χ1n) is 5.13. The average molecular weight is 186 g/mol. The van der Waals surface area contributed by atoms with Crippen LogP contribution in [0.3, 0.4) is 0 Å². The van der Waals surface area contributed by atoms with Crippen molar-refractivity contribution in [1.29, 1.82) is 0 Å². The summed E-state index contributed by atoms with van der Waals surface area (Å²) in [7, 11) is 0. The smallest absolute Gasteiger partial charge is 0.0814 e. The first-order valence-corrected chi connectivity index (χ1v) is 5.13. The van der Waals surface area contributed by atoms with Gasteiger partial charge in [-0.1, -0.05) is 6.92 Å². The van der Waals surface area contributed by atoms with E-state index >= 15 is 0 Å². The molecule has 0 aromatic rings. The third-order valence-electron chi connectivity index (χ3n) is 3.43. The van der Waals surface area contributed by atoms with Gasteiger partial charge >= 0.3 is 0 Å². The molecular weight excluding hydrogens is 168 g/mol. The van der Waals surface area contributed by atoms with Gasteiger partial charge in [-0.25, -0.2) is 0 Å². The molecule has 13 heavy (non-hydrogen) atoms. The summed E-state index contributed by atoms with van der Waals surface area (Å²) in [6, 6.07) is 0. The molecule has 3 unspecified atom stereocenters. The number of rotatable bonds is 1. The van der Waals surface area contributed by atoms with Gasteiger partial charge < -0.3 is 14.6 Å². The number of aliphatic hydroxyl groups excluding tert-OH is 1. The van der Waals surface area contributed by atoms with Gasteiger partial charge in [0.2, 0.25) is 0 Å². The maximum absolute atomic E-state index is 9.01. The Balaban J connectivity index is 2.03. The number of hydrogen-bond acceptors (Lipinski definition) is 3. The standard InChI is InChI=1S/C10H18O3/c1-8-7-12-5-4-10(8)3-2-9(6-11)13-10/h8-9,11H,2-7H2,1H3. The summed E-state index contributed by atoms with van der Waals surface area (Å²) in [5, 5.41) is 9.01. The lowest BCUT2D eigenvalue weighted by molar-refractivity contribution is -0.144. The quantitative estimate of drug-likeness (QED) is 0.662. The topological polar surface area (TPSA) is 38.7 Å². The number of ether oxygens (including phenoxy) is 2. The van der Waals surface area contributed by atoms with Crippen molar-refractivity contribution in [2.75, 3.05) is 19.8 Å². The van der Waals surface area contributed by atoms with Gasteiger partial charge in [0.1, 0.15) is 0 Å². The van der Waals surface area contributed by atoms with Crippen molar-refractivity contribution < 1.29 is 14.6 Å². The number of hydrogen-bond donors (Lipinski definition) is 1. The van der Waals surface area contributed by atoms with E-state index in [1.165, 1.54) is 0 Å². The van der Waals surface area contributed by atoms with Crippen molar-refractivity contribution in [3.8, 4) is 0 Å². The van der Waals surface area contributed by atoms with Gasteiger partial charge in [-0.2, -0.15) is 0 Å². The zero-order chi connectivity index (χ0) is 9.31. The third kappa shape index (κ3) is 1.60. The van der Waals surface area contributed by atoms with Crippen LogP contribution in [-0.2, 0) is 9.47 Å². The molecule has 0 aliphatic carbocycles. The van der Waals surface area contributed by atoms with Gasteiger partial charge in [0, 0.05) is 18.9 Å². The van der Waals surface area contributed by atoms with E-state index in [4.69, 9.17) is 14.6 Å². The maximum Gasteiger partial charge on any atom is 0.0814 e. The van der Waals surface area contributed by atoms with Crippen molar-refractivity contribution in [2.24, 2.45) is 5.92 Å². The maximum atomic E-state index is 9.01. The fraction of sp³-hybridized carbons (Fsp3) is 1.00. The highest BCUT2D eigenvalue weighted by Gasteiger charge is 2.45. The molecule has 0 aromatic carbocycles. The minimum atomic E-state index is 0.0195. The van der Waals surface area contributed by atoms with Crippen molar-refractivity contribution >= 4 is 0 Å². The molecule has 0 bridgehead atoms. The summed E-state index contributed by atoms with van der Waals surface area (Å²) < 4.78 is 11.3. The van der Waals surface area contributed by atoms with Gasteiger partial charge in [0.05, 0.1) is 24.9 Å². The Bertz CT molecular complexity index is 183. The predicted octanol–water partition coefficient (Wildman–Crippen LogP) is 0.953. The summed E-state index contributed by atoms with van der Waals surface area (Å²) in [6.07, 6.45) is 3.15. The Morgan fingerprint density at radius 2 is 2.31 bits per heavy atom. The minimum absolute atomic E-state index is 0.0195. The second kappa shape index (κ2) is 3.56. The van der Waals surface area contributed by atoms with Crippen molar-refractivity contribution in [2.45, 2.75) is 37.9 Å². The molecule has 2 aliphatic heterocycles. The van der Waals surface area contributed by atoms with Crippen LogP contribution in [0.4, 0.5) is 0 Å². The second-order valence-corrected chi connectivity index (χ2v) is 4.25. The molecule has 2 aliphatic rings. The van der Waals surface area contributed by atoms with Crippen LogP contribution in [0.5, 0.6) is 0 Å². The Morgan fingerprint density at radius 3 is 2.92 bits per heavy atom. The van der Waals surface area contributed by atoms with Gasteiger partial charge in [0.15, 0.2) is 0 Å². The number of aliphatic hydroxyl groups is 1. The van der Waals surface area contributed by atoms with Crippen LogP contribution < -0.4 is 0 Å². The van der Waals surface area contributed by atoms with Crippen LogP contribution in [-0.4, -0.2) is 36.6 Å². The molecule has 76 valence electrons. The fourth-order valence-electron chi connectivity index (χ4n) is 2.43. The Labute approximate surface area is 79.0 Å². The highest BCUT2D eigenvalue weighted by Crippen LogP contribution is 2.41. The van der Waals surface area contributed by atoms with E-state index in [0.29, 0.717) is 5.92 Å². The van der Waals surface area contributed by atoms with Gasteiger partial charge in [-0.15, -0.1) is 0 Å². The van der Waals surface area contributed by atoms with Crippen molar-refractivity contribution in [3.63, 3.8) is 0 Å². The lowest BCUT2D eigenvalue weighted by Gasteiger charge is -2.39. The molecule has 2 rings (SSSR count). The Hall–Kier alpha value is -0.120. The zero-order valence-corrected chi connectivity index (χ0v) is 8.16. The minimum Gasteiger partial charge on any atom is -0.394 e. The van der Waals surface area contributed by atoms with Crippen molar-refractivity contribution in [1.82, 2.24) is 0 Å². The summed E-state index contributed by atoms with van der Waals surface area (Å²) in [6.45, 7) is 3.95. The van der Waals surface area contributed by atoms with E-state index in [1.807, 2.05) is 0 Å². The Morgan fingerprint density at radius 1 is 1.46 bits per heavy atom. The van der Waals surface area contributed by atoms with E-state index in [9.17, 15) is 0 Å². The molecule has 0 saturated carbocycles. The summed E-state index contributed by atoms with van der Waals surface area (Å²) in [5.41, 5.74) is 0.0195. The summed E-state index contributed by atoms with van der Waals surface area (Å²) in [4.78, 5) is 0. The molecule has 0 aromatic heterocycles. The molecule has 3 atom stereocenters. The van der Waals surface area contributed by atoms with Crippen LogP contribution in [0.2, 0.25) is 0 Å². The van der Waals surface area contributed by atoms with E-state index in [1.54, 1.807) is 0 Å². The molecule has 1 spiro atoms. The monoisotopic (exact) mass is 186 g/mol. The van der Waals surface area contributed by atoms with Crippen molar-refractivity contribution in [3.05, 3.63) is 0 Å². The highest BCUT2D eigenvalue weighted by molar-refractivity contribution is 4.94. The van der Waals surface area contributed by atoms with Crippen LogP contribution >= 0.6 is 0 Å². The summed E-state index contributed by atoms with van der Waals surface area (Å²) >= 11 is 0. The SMILES string of the molecule is CC1COCCC12CCC(CO)O2. The van der Waals surface area contributed by atoms with E-state index in [0.717, 1.165) is 32.5 Å². The van der Waals surface area contributed by atoms with Crippen LogP contribution in [0.15, 0.2) is 0 Å². The Kier molecular flexibility index (Phi) is 2.58. The van der Waals surface area contributed by atoms with Gasteiger partial charge in [-0.3, -0.25) is 0 Å². The lowest BCUT2D eigenvalue weighted by Crippen LogP contribution is -2.44. The summed E-state index contributed by atoms with van der Waals surface area (Å²) in [5.74, 6) is 0.470. The molecule has 2 fully saturated rings. The van der Waals surface area contributed by atoms with Crippen LogP contribution in [0, 0.1) is 5.92 Å². The molecule has 2 heterocycles. The lowest BCUT2D eigenvalue weighted by atomic mass is 9.82. The molecule has 2 saturated heterocycles. The normalized spacial score (nSPS) is 45.7. The van der Waals surface area contributed by atoms with Gasteiger partial charge in [-0.05, 0) is 12.8 Å². The van der Waals surface area contributed by atoms with Crippen LogP contribution in [0.1, 0.15) is 26.2 Å². The molecule has 1 N–H and O–H groups in total. The van der Waals surface area contributed by atoms with Crippen LogP contribution in [0.25, 0.3) is 0 Å². The molecule has 0 amide bonds. The first kappa shape index (κ1) is 9.44. The molecule has 3 nitrogen and oxygen atoms in total. The zero-order valence-electron chi connectivity index (χ0n) is 8.16. The molecular formula is C10H18O3. The first-order chi connectivity index (χ1) is 6.27.